The number of ketones is 1. The minimum atomic E-state index is -4.45. The van der Waals surface area contributed by atoms with Gasteiger partial charge >= 0.3 is 6.18 Å². The zero-order valence-electron chi connectivity index (χ0n) is 22.0. The Morgan fingerprint density at radius 3 is 2.27 bits per heavy atom. The summed E-state index contributed by atoms with van der Waals surface area (Å²) in [5.41, 5.74) is 4.62. The number of likely N-dealkylation sites (N-methyl/N-ethyl adjacent to an activating group) is 1. The lowest BCUT2D eigenvalue weighted by Crippen LogP contribution is -2.31. The van der Waals surface area contributed by atoms with Crippen LogP contribution in [-0.4, -0.2) is 35.3 Å². The molecule has 1 N–H and O–H groups in total. The highest BCUT2D eigenvalue weighted by atomic mass is 19.4. The van der Waals surface area contributed by atoms with Crippen LogP contribution in [0.4, 0.5) is 24.5 Å². The molecule has 4 nitrogen and oxygen atoms in total. The van der Waals surface area contributed by atoms with E-state index in [0.29, 0.717) is 17.0 Å². The Kier molecular flexibility index (Phi) is 5.21. The zero-order valence-corrected chi connectivity index (χ0v) is 22.0. The van der Waals surface area contributed by atoms with Gasteiger partial charge in [-0.1, -0.05) is 31.5 Å². The maximum atomic E-state index is 13.4. The lowest BCUT2D eigenvalue weighted by atomic mass is 9.77. The molecule has 3 aliphatic rings. The van der Waals surface area contributed by atoms with Gasteiger partial charge in [-0.2, -0.15) is 17.7 Å². The van der Waals surface area contributed by atoms with Crippen LogP contribution in [0.15, 0.2) is 71.2 Å². The quantitative estimate of drug-likeness (QED) is 0.366. The Morgan fingerprint density at radius 1 is 0.973 bits per heavy atom. The lowest BCUT2D eigenvalue weighted by Gasteiger charge is -2.27. The number of halogens is 3. The number of hydrogen-bond acceptors (Lipinski definition) is 3. The van der Waals surface area contributed by atoms with Crippen molar-refractivity contribution in [2.45, 2.75) is 51.6 Å². The molecular formula is C30H30F3N2O2+. The predicted molar refractivity (Wildman–Crippen MR) is 139 cm³/mol. The largest absolute Gasteiger partial charge is 0.506 e. The van der Waals surface area contributed by atoms with Crippen LogP contribution < -0.4 is 4.90 Å². The Labute approximate surface area is 214 Å². The average molecular weight is 508 g/mol. The molecule has 0 atom stereocenters. The van der Waals surface area contributed by atoms with E-state index < -0.39 is 17.2 Å². The van der Waals surface area contributed by atoms with Gasteiger partial charge < -0.3 is 10.0 Å². The van der Waals surface area contributed by atoms with E-state index in [1.165, 1.54) is 12.1 Å². The normalized spacial score (nSPS) is 22.2. The van der Waals surface area contributed by atoms with Gasteiger partial charge in [-0.15, -0.1) is 0 Å². The van der Waals surface area contributed by atoms with Gasteiger partial charge in [-0.25, -0.2) is 0 Å². The molecule has 2 heterocycles. The number of aliphatic hydroxyl groups is 1. The SMILES string of the molecule is Cc1ccc2c(c1)C(C)(C)/C(=C/C1=C(O)C(=C\C3=[N+](C)c4ccc(C(F)(F)F)cc4C3(C)C)/C1=O)N2C. The smallest absolute Gasteiger partial charge is 0.416 e. The number of Topliss-reactive ketones (excluding diaryl/α,β-unsaturated/α-hetero) is 1. The van der Waals surface area contributed by atoms with Crippen LogP contribution in [0, 0.1) is 6.92 Å². The van der Waals surface area contributed by atoms with Crippen LogP contribution in [0.2, 0.25) is 0 Å². The van der Waals surface area contributed by atoms with E-state index in [4.69, 9.17) is 0 Å². The molecule has 0 aromatic heterocycles. The fourth-order valence-electron chi connectivity index (χ4n) is 5.86. The van der Waals surface area contributed by atoms with Crippen molar-refractivity contribution in [1.29, 1.82) is 0 Å². The van der Waals surface area contributed by atoms with E-state index in [1.54, 1.807) is 23.8 Å². The summed E-state index contributed by atoms with van der Waals surface area (Å²) < 4.78 is 41.8. The van der Waals surface area contributed by atoms with Crippen molar-refractivity contribution >= 4 is 22.9 Å². The highest BCUT2D eigenvalue weighted by Crippen LogP contribution is 2.49. The third kappa shape index (κ3) is 3.50. The molecule has 192 valence electrons. The van der Waals surface area contributed by atoms with Gasteiger partial charge in [0.1, 0.15) is 12.8 Å². The van der Waals surface area contributed by atoms with Gasteiger partial charge in [0.2, 0.25) is 11.5 Å². The molecule has 0 bridgehead atoms. The van der Waals surface area contributed by atoms with Crippen LogP contribution >= 0.6 is 0 Å². The van der Waals surface area contributed by atoms with Gasteiger partial charge in [-0.05, 0) is 50.6 Å². The van der Waals surface area contributed by atoms with Crippen molar-refractivity contribution in [3.63, 3.8) is 0 Å². The molecule has 0 saturated heterocycles. The molecule has 2 aliphatic heterocycles. The number of carbonyl (C=O) groups is 1. The number of allylic oxidation sites excluding steroid dienone is 5. The van der Waals surface area contributed by atoms with Crippen LogP contribution in [0.3, 0.4) is 0 Å². The van der Waals surface area contributed by atoms with Gasteiger partial charge in [-0.3, -0.25) is 4.79 Å². The molecule has 5 rings (SSSR count). The number of aliphatic hydroxyl groups excluding tert-OH is 1. The second kappa shape index (κ2) is 7.70. The van der Waals surface area contributed by atoms with Gasteiger partial charge in [0, 0.05) is 41.6 Å². The minimum Gasteiger partial charge on any atom is -0.506 e. The molecule has 0 amide bonds. The van der Waals surface area contributed by atoms with Gasteiger partial charge in [0.25, 0.3) is 0 Å². The fraction of sp³-hybridized carbons (Fsp3) is 0.333. The number of aryl methyl sites for hydroxylation is 1. The molecule has 0 saturated carbocycles. The topological polar surface area (TPSA) is 43.6 Å². The molecule has 2 aromatic rings. The number of alkyl halides is 3. The maximum absolute atomic E-state index is 13.4. The van der Waals surface area contributed by atoms with Crippen LogP contribution in [-0.2, 0) is 21.8 Å². The van der Waals surface area contributed by atoms with Crippen molar-refractivity contribution in [3.05, 3.63) is 93.4 Å². The number of benzene rings is 2. The van der Waals surface area contributed by atoms with E-state index >= 15 is 0 Å². The summed E-state index contributed by atoms with van der Waals surface area (Å²) in [6, 6.07) is 9.95. The van der Waals surface area contributed by atoms with Gasteiger partial charge in [0.15, 0.2) is 5.71 Å². The molecule has 0 radical (unpaired) electrons. The first-order chi connectivity index (χ1) is 17.1. The summed E-state index contributed by atoms with van der Waals surface area (Å²) in [4.78, 5) is 15.3. The van der Waals surface area contributed by atoms with Crippen LogP contribution in [0.5, 0.6) is 0 Å². The lowest BCUT2D eigenvalue weighted by molar-refractivity contribution is -0.401. The number of nitrogens with zero attached hydrogens (tertiary/aromatic N) is 2. The first-order valence-corrected chi connectivity index (χ1v) is 12.2. The Morgan fingerprint density at radius 2 is 1.65 bits per heavy atom. The maximum Gasteiger partial charge on any atom is 0.416 e. The first-order valence-electron chi connectivity index (χ1n) is 12.2. The van der Waals surface area contributed by atoms with E-state index in [0.717, 1.165) is 28.6 Å². The highest BCUT2D eigenvalue weighted by Gasteiger charge is 2.47. The predicted octanol–water partition coefficient (Wildman–Crippen LogP) is 6.65. The van der Waals surface area contributed by atoms with Crippen molar-refractivity contribution < 1.29 is 27.6 Å². The van der Waals surface area contributed by atoms with E-state index in [2.05, 4.69) is 26.0 Å². The van der Waals surface area contributed by atoms with Gasteiger partial charge in [0.05, 0.1) is 22.1 Å². The first kappa shape index (κ1) is 25.1. The average Bonchev–Trinajstić information content (AvgIpc) is 3.12. The Bertz CT molecular complexity index is 1520. The number of anilines is 1. The van der Waals surface area contributed by atoms with Crippen molar-refractivity contribution in [1.82, 2.24) is 0 Å². The number of carbonyl (C=O) groups excluding carboxylic acids is 1. The van der Waals surface area contributed by atoms with Crippen LogP contribution in [0.1, 0.15) is 49.9 Å². The summed E-state index contributed by atoms with van der Waals surface area (Å²) in [7, 11) is 3.71. The number of rotatable bonds is 2. The van der Waals surface area contributed by atoms with E-state index in [9.17, 15) is 23.1 Å². The molecule has 0 spiro atoms. The summed E-state index contributed by atoms with van der Waals surface area (Å²) in [5, 5.41) is 10.9. The third-order valence-electron chi connectivity index (χ3n) is 8.11. The summed E-state index contributed by atoms with van der Waals surface area (Å²) >= 11 is 0. The van der Waals surface area contributed by atoms with Crippen molar-refractivity contribution in [2.75, 3.05) is 19.0 Å². The summed E-state index contributed by atoms with van der Waals surface area (Å²) in [6.45, 7) is 9.88. The molecule has 0 unspecified atom stereocenters. The minimum absolute atomic E-state index is 0.0996. The third-order valence-corrected chi connectivity index (χ3v) is 8.11. The number of fused-ring (bicyclic) bond motifs is 2. The summed E-state index contributed by atoms with van der Waals surface area (Å²) in [6.07, 6.45) is -1.09. The second-order valence-corrected chi connectivity index (χ2v) is 11.2. The second-order valence-electron chi connectivity index (χ2n) is 11.2. The van der Waals surface area contributed by atoms with Crippen molar-refractivity contribution in [2.24, 2.45) is 0 Å². The Hall–Kier alpha value is -3.61. The molecule has 37 heavy (non-hydrogen) atoms. The van der Waals surface area contributed by atoms with Crippen molar-refractivity contribution in [3.8, 4) is 0 Å². The molecule has 7 heteroatoms. The zero-order chi connectivity index (χ0) is 27.2. The molecule has 1 aliphatic carbocycles. The number of hydrogen-bond donors (Lipinski definition) is 1. The molecule has 0 fully saturated rings. The molecule has 2 aromatic carbocycles. The van der Waals surface area contributed by atoms with E-state index in [1.807, 2.05) is 38.8 Å². The van der Waals surface area contributed by atoms with Crippen LogP contribution in [0.25, 0.3) is 0 Å². The Balaban J connectivity index is 1.53. The molecular weight excluding hydrogens is 477 g/mol. The fourth-order valence-corrected chi connectivity index (χ4v) is 5.86. The highest BCUT2D eigenvalue weighted by molar-refractivity contribution is 6.24. The van der Waals surface area contributed by atoms with E-state index in [-0.39, 0.29) is 28.1 Å². The standard InChI is InChI=1S/C30H29F3N2O2/c1-16-8-10-22-20(12-16)28(2,3)24(34(22)6)14-18-26(36)19(27(18)37)15-25-29(4,5)21-13-17(30(31,32)33)9-11-23(21)35(25)7/h8-15H,1-7H3/p+1. The summed E-state index contributed by atoms with van der Waals surface area (Å²) in [5.74, 6) is -0.387. The monoisotopic (exact) mass is 507 g/mol.